The van der Waals surface area contributed by atoms with Crippen LogP contribution in [-0.4, -0.2) is 47.9 Å². The average Bonchev–Trinajstić information content (AvgIpc) is 3.14. The number of carbonyl (C=O) groups excluding carboxylic acids is 2. The third-order valence-corrected chi connectivity index (χ3v) is 9.75. The minimum Gasteiger partial charge on any atom is -0.492 e. The van der Waals surface area contributed by atoms with E-state index in [4.69, 9.17) is 9.47 Å². The second kappa shape index (κ2) is 21.6. The van der Waals surface area contributed by atoms with E-state index in [1.165, 1.54) is 25.7 Å². The molecule has 0 aromatic heterocycles. The second-order valence-corrected chi connectivity index (χ2v) is 14.2. The van der Waals surface area contributed by atoms with Crippen LogP contribution >= 0.6 is 31.9 Å². The molecule has 8 heteroatoms. The van der Waals surface area contributed by atoms with Gasteiger partial charge in [-0.1, -0.05) is 113 Å². The monoisotopic (exact) mass is 804 g/mol. The molecule has 0 heterocycles. The Balaban J connectivity index is 1.52. The minimum absolute atomic E-state index is 0.112. The van der Waals surface area contributed by atoms with Crippen LogP contribution in [0.15, 0.2) is 106 Å². The molecule has 0 atom stereocenters. The molecule has 0 saturated heterocycles. The normalized spacial score (nSPS) is 10.9. The number of hydrogen-bond donors (Lipinski definition) is 0. The molecule has 4 aromatic carbocycles. The van der Waals surface area contributed by atoms with Crippen LogP contribution in [0.1, 0.15) is 97.1 Å². The van der Waals surface area contributed by atoms with Crippen molar-refractivity contribution in [2.24, 2.45) is 0 Å². The largest absolute Gasteiger partial charge is 0.492 e. The van der Waals surface area contributed by atoms with E-state index in [1.54, 1.807) is 0 Å². The van der Waals surface area contributed by atoms with Crippen molar-refractivity contribution < 1.29 is 19.1 Å². The molecule has 0 unspecified atom stereocenters. The molecule has 2 amide bonds. The standard InChI is InChI=1S/C42H50Br2N2O4/c1-3-5-7-15-27-49-39-23-21-35(29-37(39)43)41(47)45(31-33-17-11-9-12-18-33)25-26-46(32-34-19-13-10-14-20-34)42(48)36-22-24-40(38(44)30-36)50-28-16-8-6-4-2/h9-14,17-24,29-30H,3-8,15-16,25-28,31-32H2,1-2H3. The highest BCUT2D eigenvalue weighted by atomic mass is 79.9. The second-order valence-electron chi connectivity index (χ2n) is 12.5. The molecule has 0 N–H and O–H groups in total. The van der Waals surface area contributed by atoms with Crippen molar-refractivity contribution in [1.29, 1.82) is 0 Å². The average molecular weight is 807 g/mol. The Bertz CT molecular complexity index is 1500. The van der Waals surface area contributed by atoms with Gasteiger partial charge in [0.2, 0.25) is 0 Å². The topological polar surface area (TPSA) is 59.1 Å². The maximum absolute atomic E-state index is 14.1. The van der Waals surface area contributed by atoms with Crippen LogP contribution in [0.2, 0.25) is 0 Å². The Hall–Kier alpha value is -3.62. The first-order valence-corrected chi connectivity index (χ1v) is 19.5. The fraction of sp³-hybridized carbons (Fsp3) is 0.381. The van der Waals surface area contributed by atoms with Crippen LogP contribution in [0, 0.1) is 0 Å². The van der Waals surface area contributed by atoms with Gasteiger partial charge in [-0.2, -0.15) is 0 Å². The van der Waals surface area contributed by atoms with Crippen molar-refractivity contribution in [3.63, 3.8) is 0 Å². The predicted octanol–water partition coefficient (Wildman–Crippen LogP) is 11.1. The molecule has 0 saturated carbocycles. The Morgan fingerprint density at radius 3 is 1.30 bits per heavy atom. The quantitative estimate of drug-likeness (QED) is 0.0787. The molecule has 4 rings (SSSR count). The van der Waals surface area contributed by atoms with E-state index < -0.39 is 0 Å². The number of halogens is 2. The third kappa shape index (κ3) is 12.6. The van der Waals surface area contributed by atoms with Gasteiger partial charge in [0.05, 0.1) is 22.2 Å². The highest BCUT2D eigenvalue weighted by Crippen LogP contribution is 2.29. The third-order valence-electron chi connectivity index (χ3n) is 8.52. The highest BCUT2D eigenvalue weighted by Gasteiger charge is 2.23. The maximum Gasteiger partial charge on any atom is 0.254 e. The SMILES string of the molecule is CCCCCCOc1ccc(C(=O)N(CCN(Cc2ccccc2)C(=O)c2ccc(OCCCCCC)c(Br)c2)Cc2ccccc2)cc1Br. The van der Waals surface area contributed by atoms with Crippen molar-refractivity contribution in [3.8, 4) is 11.5 Å². The minimum atomic E-state index is -0.112. The van der Waals surface area contributed by atoms with E-state index in [9.17, 15) is 9.59 Å². The zero-order valence-corrected chi connectivity index (χ0v) is 32.6. The lowest BCUT2D eigenvalue weighted by Crippen LogP contribution is -2.40. The highest BCUT2D eigenvalue weighted by molar-refractivity contribution is 9.11. The van der Waals surface area contributed by atoms with Crippen LogP contribution in [0.25, 0.3) is 0 Å². The number of hydrogen-bond acceptors (Lipinski definition) is 4. The molecule has 0 spiro atoms. The number of unbranched alkanes of at least 4 members (excludes halogenated alkanes) is 6. The van der Waals surface area contributed by atoms with E-state index in [-0.39, 0.29) is 11.8 Å². The summed E-state index contributed by atoms with van der Waals surface area (Å²) in [6.07, 6.45) is 9.02. The summed E-state index contributed by atoms with van der Waals surface area (Å²) in [7, 11) is 0. The van der Waals surface area contributed by atoms with Crippen LogP contribution in [-0.2, 0) is 13.1 Å². The van der Waals surface area contributed by atoms with Gasteiger partial charge in [0.15, 0.2) is 0 Å². The molecular weight excluding hydrogens is 756 g/mol. The zero-order chi connectivity index (χ0) is 35.6. The summed E-state index contributed by atoms with van der Waals surface area (Å²) in [6.45, 7) is 7.19. The van der Waals surface area contributed by atoms with Gasteiger partial charge in [-0.05, 0) is 92.2 Å². The molecule has 50 heavy (non-hydrogen) atoms. The van der Waals surface area contributed by atoms with Crippen LogP contribution in [0.5, 0.6) is 11.5 Å². The molecule has 0 radical (unpaired) electrons. The summed E-state index contributed by atoms with van der Waals surface area (Å²) < 4.78 is 13.5. The smallest absolute Gasteiger partial charge is 0.254 e. The van der Waals surface area contributed by atoms with Crippen molar-refractivity contribution >= 4 is 43.7 Å². The summed E-state index contributed by atoms with van der Waals surface area (Å²) in [5, 5.41) is 0. The van der Waals surface area contributed by atoms with Crippen molar-refractivity contribution in [2.45, 2.75) is 78.3 Å². The summed E-state index contributed by atoms with van der Waals surface area (Å²) >= 11 is 7.26. The van der Waals surface area contributed by atoms with Gasteiger partial charge in [-0.15, -0.1) is 0 Å². The first-order valence-electron chi connectivity index (χ1n) is 17.9. The lowest BCUT2D eigenvalue weighted by molar-refractivity contribution is 0.0644. The van der Waals surface area contributed by atoms with Crippen LogP contribution in [0.3, 0.4) is 0 Å². The molecule has 4 aromatic rings. The van der Waals surface area contributed by atoms with Gasteiger partial charge in [0.25, 0.3) is 11.8 Å². The Kier molecular flexibility index (Phi) is 16.9. The summed E-state index contributed by atoms with van der Waals surface area (Å²) in [5.41, 5.74) is 3.15. The van der Waals surface area contributed by atoms with E-state index >= 15 is 0 Å². The molecule has 0 aliphatic heterocycles. The van der Waals surface area contributed by atoms with Crippen molar-refractivity contribution in [1.82, 2.24) is 9.80 Å². The van der Waals surface area contributed by atoms with Crippen LogP contribution < -0.4 is 9.47 Å². The summed E-state index contributed by atoms with van der Waals surface area (Å²) in [5.74, 6) is 1.23. The molecule has 0 aliphatic carbocycles. The number of ether oxygens (including phenoxy) is 2. The maximum atomic E-state index is 14.1. The van der Waals surface area contributed by atoms with Gasteiger partial charge < -0.3 is 19.3 Å². The molecular formula is C42H50Br2N2O4. The first kappa shape index (κ1) is 39.2. The Morgan fingerprint density at radius 2 is 0.940 bits per heavy atom. The fourth-order valence-corrected chi connectivity index (χ4v) is 6.63. The predicted molar refractivity (Wildman–Crippen MR) is 210 cm³/mol. The van der Waals surface area contributed by atoms with Gasteiger partial charge in [-0.3, -0.25) is 9.59 Å². The molecule has 0 fully saturated rings. The molecule has 0 aliphatic rings. The number of amides is 2. The van der Waals surface area contributed by atoms with Gasteiger partial charge in [-0.25, -0.2) is 0 Å². The number of rotatable bonds is 21. The summed E-state index contributed by atoms with van der Waals surface area (Å²) in [4.78, 5) is 31.9. The van der Waals surface area contributed by atoms with E-state index in [0.29, 0.717) is 50.5 Å². The van der Waals surface area contributed by atoms with Gasteiger partial charge in [0, 0.05) is 37.3 Å². The van der Waals surface area contributed by atoms with E-state index in [1.807, 2.05) is 107 Å². The Labute approximate surface area is 315 Å². The zero-order valence-electron chi connectivity index (χ0n) is 29.4. The van der Waals surface area contributed by atoms with Crippen LogP contribution in [0.4, 0.5) is 0 Å². The van der Waals surface area contributed by atoms with E-state index in [0.717, 1.165) is 57.3 Å². The van der Waals surface area contributed by atoms with Crippen molar-refractivity contribution in [2.75, 3.05) is 26.3 Å². The van der Waals surface area contributed by atoms with E-state index in [2.05, 4.69) is 45.7 Å². The lowest BCUT2D eigenvalue weighted by atomic mass is 10.1. The number of carbonyl (C=O) groups is 2. The Morgan fingerprint density at radius 1 is 0.540 bits per heavy atom. The fourth-order valence-electron chi connectivity index (χ4n) is 5.64. The van der Waals surface area contributed by atoms with Crippen molar-refractivity contribution in [3.05, 3.63) is 128 Å². The molecule has 6 nitrogen and oxygen atoms in total. The van der Waals surface area contributed by atoms with Gasteiger partial charge >= 0.3 is 0 Å². The summed E-state index contributed by atoms with van der Waals surface area (Å²) in [6, 6.07) is 30.9. The molecule has 266 valence electrons. The molecule has 0 bridgehead atoms. The lowest BCUT2D eigenvalue weighted by Gasteiger charge is -2.29. The van der Waals surface area contributed by atoms with Gasteiger partial charge in [0.1, 0.15) is 11.5 Å². The first-order chi connectivity index (χ1) is 24.4. The number of benzene rings is 4. The number of nitrogens with zero attached hydrogens (tertiary/aromatic N) is 2.